The van der Waals surface area contributed by atoms with Crippen molar-refractivity contribution in [3.63, 3.8) is 0 Å². The van der Waals surface area contributed by atoms with E-state index >= 15 is 0 Å². The second-order valence-corrected chi connectivity index (χ2v) is 6.17. The number of halogens is 2. The number of rotatable bonds is 3. The monoisotopic (exact) mass is 412 g/mol. The highest BCUT2D eigenvalue weighted by atomic mass is 79.9. The first-order valence-electron chi connectivity index (χ1n) is 6.95. The van der Waals surface area contributed by atoms with Gasteiger partial charge >= 0.3 is 5.97 Å². The molecule has 1 aliphatic heterocycles. The summed E-state index contributed by atoms with van der Waals surface area (Å²) in [5.41, 5.74) is 6.01. The molecule has 0 bridgehead atoms. The van der Waals surface area contributed by atoms with E-state index in [4.69, 9.17) is 26.8 Å². The van der Waals surface area contributed by atoms with Crippen molar-refractivity contribution in [2.75, 3.05) is 6.61 Å². The van der Waals surface area contributed by atoms with Gasteiger partial charge in [0, 0.05) is 10.6 Å². The smallest absolute Gasteiger partial charge is 0.338 e. The number of carbonyl (C=O) groups excluding carboxylic acids is 1. The Kier molecular flexibility index (Phi) is 5.42. The van der Waals surface area contributed by atoms with Gasteiger partial charge < -0.3 is 20.3 Å². The van der Waals surface area contributed by atoms with Crippen LogP contribution in [0, 0.1) is 11.3 Å². The van der Waals surface area contributed by atoms with Crippen molar-refractivity contribution in [1.82, 2.24) is 0 Å². The number of carbonyl (C=O) groups is 1. The van der Waals surface area contributed by atoms with E-state index in [1.54, 1.807) is 19.1 Å². The predicted octanol–water partition coefficient (Wildman–Crippen LogP) is 3.45. The zero-order valence-electron chi connectivity index (χ0n) is 12.9. The van der Waals surface area contributed by atoms with Crippen molar-refractivity contribution >= 4 is 33.5 Å². The standard InChI is InChI=1S/C16H14BrClN2O4/c1-3-23-16(22)11-7(2)24-15(20)8(6-19)12(11)13-10(18)5-4-9(17)14(13)21/h4-5,12,21H,3,20H2,1-2H3. The van der Waals surface area contributed by atoms with E-state index < -0.39 is 11.9 Å². The van der Waals surface area contributed by atoms with Gasteiger partial charge in [0.1, 0.15) is 23.2 Å². The normalized spacial score (nSPS) is 17.4. The Bertz CT molecular complexity index is 811. The largest absolute Gasteiger partial charge is 0.506 e. The maximum Gasteiger partial charge on any atom is 0.338 e. The highest BCUT2D eigenvalue weighted by molar-refractivity contribution is 9.10. The molecule has 2 rings (SSSR count). The van der Waals surface area contributed by atoms with Crippen molar-refractivity contribution < 1.29 is 19.4 Å². The second kappa shape index (κ2) is 7.16. The summed E-state index contributed by atoms with van der Waals surface area (Å²) in [5.74, 6) is -1.82. The third-order valence-corrected chi connectivity index (χ3v) is 4.47. The fourth-order valence-electron chi connectivity index (χ4n) is 2.47. The van der Waals surface area contributed by atoms with Crippen molar-refractivity contribution in [3.05, 3.63) is 50.0 Å². The average Bonchev–Trinajstić information content (AvgIpc) is 2.51. The lowest BCUT2D eigenvalue weighted by Gasteiger charge is -2.28. The molecule has 0 amide bonds. The number of esters is 1. The maximum atomic E-state index is 12.4. The SMILES string of the molecule is CCOC(=O)C1=C(C)OC(N)=C(C#N)C1c1c(Cl)ccc(Br)c1O. The number of phenols is 1. The first kappa shape index (κ1) is 18.2. The molecule has 126 valence electrons. The van der Waals surface area contributed by atoms with Gasteiger partial charge in [0.2, 0.25) is 5.88 Å². The van der Waals surface area contributed by atoms with Crippen LogP contribution in [0.4, 0.5) is 0 Å². The van der Waals surface area contributed by atoms with Gasteiger partial charge in [0.05, 0.1) is 22.6 Å². The van der Waals surface area contributed by atoms with Crippen LogP contribution >= 0.6 is 27.5 Å². The van der Waals surface area contributed by atoms with E-state index in [-0.39, 0.29) is 45.7 Å². The minimum Gasteiger partial charge on any atom is -0.506 e. The van der Waals surface area contributed by atoms with Gasteiger partial charge in [-0.15, -0.1) is 0 Å². The Balaban J connectivity index is 2.77. The molecule has 0 aliphatic carbocycles. The summed E-state index contributed by atoms with van der Waals surface area (Å²) >= 11 is 9.43. The summed E-state index contributed by atoms with van der Waals surface area (Å²) in [5, 5.41) is 20.1. The number of phenolic OH excluding ortho intramolecular Hbond substituents is 1. The average molecular weight is 414 g/mol. The Morgan fingerprint density at radius 3 is 2.83 bits per heavy atom. The summed E-state index contributed by atoms with van der Waals surface area (Å²) < 4.78 is 10.7. The first-order chi connectivity index (χ1) is 11.3. The molecule has 1 aliphatic rings. The van der Waals surface area contributed by atoms with Crippen molar-refractivity contribution in [2.24, 2.45) is 5.73 Å². The van der Waals surface area contributed by atoms with Crippen LogP contribution < -0.4 is 5.73 Å². The van der Waals surface area contributed by atoms with Gasteiger partial charge in [0.15, 0.2) is 0 Å². The highest BCUT2D eigenvalue weighted by Crippen LogP contribution is 2.47. The van der Waals surface area contributed by atoms with Crippen LogP contribution in [-0.4, -0.2) is 17.7 Å². The zero-order chi connectivity index (χ0) is 18.0. The van der Waals surface area contributed by atoms with Gasteiger partial charge in [-0.05, 0) is 41.9 Å². The Morgan fingerprint density at radius 2 is 2.25 bits per heavy atom. The lowest BCUT2D eigenvalue weighted by molar-refractivity contribution is -0.139. The summed E-state index contributed by atoms with van der Waals surface area (Å²) in [6.07, 6.45) is 0. The molecule has 1 atom stereocenters. The van der Waals surface area contributed by atoms with Gasteiger partial charge in [-0.2, -0.15) is 5.26 Å². The number of benzene rings is 1. The fraction of sp³-hybridized carbons (Fsp3) is 0.250. The van der Waals surface area contributed by atoms with Gasteiger partial charge in [0.25, 0.3) is 0 Å². The quantitative estimate of drug-likeness (QED) is 0.735. The minimum absolute atomic E-state index is 0.0287. The molecule has 3 N–H and O–H groups in total. The molecule has 1 aromatic rings. The fourth-order valence-corrected chi connectivity index (χ4v) is 3.08. The molecule has 8 heteroatoms. The third kappa shape index (κ3) is 3.07. The van der Waals surface area contributed by atoms with Crippen LogP contribution in [0.2, 0.25) is 5.02 Å². The minimum atomic E-state index is -0.993. The Labute approximate surface area is 152 Å². The molecule has 0 radical (unpaired) electrons. The summed E-state index contributed by atoms with van der Waals surface area (Å²) in [6, 6.07) is 5.02. The predicted molar refractivity (Wildman–Crippen MR) is 90.8 cm³/mol. The van der Waals surface area contributed by atoms with E-state index in [2.05, 4.69) is 15.9 Å². The Morgan fingerprint density at radius 1 is 1.58 bits per heavy atom. The summed E-state index contributed by atoms with van der Waals surface area (Å²) in [7, 11) is 0. The van der Waals surface area contributed by atoms with Crippen molar-refractivity contribution in [3.8, 4) is 11.8 Å². The van der Waals surface area contributed by atoms with Crippen LogP contribution in [0.5, 0.6) is 5.75 Å². The molecule has 24 heavy (non-hydrogen) atoms. The lowest BCUT2D eigenvalue weighted by atomic mass is 9.82. The van der Waals surface area contributed by atoms with Crippen molar-refractivity contribution in [2.45, 2.75) is 19.8 Å². The first-order valence-corrected chi connectivity index (χ1v) is 8.12. The van der Waals surface area contributed by atoms with Crippen LogP contribution in [0.3, 0.4) is 0 Å². The van der Waals surface area contributed by atoms with Crippen LogP contribution in [0.1, 0.15) is 25.3 Å². The van der Waals surface area contributed by atoms with E-state index in [1.165, 1.54) is 6.92 Å². The highest BCUT2D eigenvalue weighted by Gasteiger charge is 2.39. The van der Waals surface area contributed by atoms with Gasteiger partial charge in [-0.3, -0.25) is 0 Å². The number of ether oxygens (including phenoxy) is 2. The summed E-state index contributed by atoms with van der Waals surface area (Å²) in [6.45, 7) is 3.33. The van der Waals surface area contributed by atoms with Crippen molar-refractivity contribution in [1.29, 1.82) is 5.26 Å². The number of aromatic hydroxyl groups is 1. The topological polar surface area (TPSA) is 106 Å². The van der Waals surface area contributed by atoms with Crippen LogP contribution in [-0.2, 0) is 14.3 Å². The Hall–Kier alpha value is -2.17. The number of nitriles is 1. The molecule has 1 heterocycles. The second-order valence-electron chi connectivity index (χ2n) is 4.91. The summed E-state index contributed by atoms with van der Waals surface area (Å²) in [4.78, 5) is 12.4. The molecule has 1 unspecified atom stereocenters. The molecule has 0 spiro atoms. The molecule has 1 aromatic carbocycles. The van der Waals surface area contributed by atoms with E-state index in [9.17, 15) is 15.2 Å². The van der Waals surface area contributed by atoms with Crippen LogP contribution in [0.25, 0.3) is 0 Å². The molecule has 0 saturated heterocycles. The van der Waals surface area contributed by atoms with E-state index in [0.717, 1.165) is 0 Å². The zero-order valence-corrected chi connectivity index (χ0v) is 15.2. The lowest BCUT2D eigenvalue weighted by Crippen LogP contribution is -2.25. The van der Waals surface area contributed by atoms with E-state index in [0.29, 0.717) is 4.47 Å². The number of allylic oxidation sites excluding steroid dienone is 2. The van der Waals surface area contributed by atoms with E-state index in [1.807, 2.05) is 6.07 Å². The molecule has 0 aromatic heterocycles. The number of nitrogens with zero attached hydrogens (tertiary/aromatic N) is 1. The number of hydrogen-bond acceptors (Lipinski definition) is 6. The van der Waals surface area contributed by atoms with Gasteiger partial charge in [-0.1, -0.05) is 11.6 Å². The third-order valence-electron chi connectivity index (χ3n) is 3.50. The maximum absolute atomic E-state index is 12.4. The number of hydrogen-bond donors (Lipinski definition) is 2. The molecular formula is C16H14BrClN2O4. The number of nitrogens with two attached hydrogens (primary N) is 1. The molecule has 0 saturated carbocycles. The molecular weight excluding hydrogens is 400 g/mol. The molecule has 6 nitrogen and oxygen atoms in total. The van der Waals surface area contributed by atoms with Gasteiger partial charge in [-0.25, -0.2) is 4.79 Å². The molecule has 0 fully saturated rings. The van der Waals surface area contributed by atoms with Crippen LogP contribution in [0.15, 0.2) is 39.4 Å².